The highest BCUT2D eigenvalue weighted by Crippen LogP contribution is 2.61. The SMILES string of the molecule is Cc1ncsc1-c1ccc([C@H](C)NC(=O)[C@@H]2C[C@@H](OP(=O)(O)OP(=O)(O)OCCNC(=O)O)CN2C(=O)[C@@H](c2cc(OCCN3CCN(CCOc4cc(N5C6CCC5CN(c5cc(-c7ccccc7O)nnc5N)C6)ccn4)[C@H](C)C3)no2)C(C)C)cc1. The molecule has 8 N–H and O–H groups in total. The van der Waals surface area contributed by atoms with E-state index in [1.54, 1.807) is 44.6 Å². The molecule has 28 nitrogen and oxygen atoms in total. The number of phosphoric acid groups is 2. The summed E-state index contributed by atoms with van der Waals surface area (Å²) >= 11 is 1.51. The van der Waals surface area contributed by atoms with Crippen LogP contribution in [0.1, 0.15) is 75.9 Å². The number of likely N-dealkylation sites (tertiary alicyclic amines) is 1. The Labute approximate surface area is 518 Å². The molecule has 2 aromatic carbocycles. The van der Waals surface area contributed by atoms with Crippen molar-refractivity contribution in [3.05, 3.63) is 102 Å². The molecule has 2 bridgehead atoms. The van der Waals surface area contributed by atoms with Crippen molar-refractivity contribution in [3.8, 4) is 39.2 Å². The number of ether oxygens (including phenoxy) is 2. The van der Waals surface area contributed by atoms with Crippen LogP contribution in [-0.4, -0.2) is 187 Å². The van der Waals surface area contributed by atoms with E-state index in [0.29, 0.717) is 42.7 Å². The second-order valence-electron chi connectivity index (χ2n) is 22.9. The van der Waals surface area contributed by atoms with Gasteiger partial charge in [0.25, 0.3) is 5.88 Å². The number of carbonyl (C=O) groups is 3. The molecule has 4 aliphatic rings. The van der Waals surface area contributed by atoms with Crippen molar-refractivity contribution in [2.45, 2.75) is 96.1 Å². The van der Waals surface area contributed by atoms with Gasteiger partial charge in [0, 0.05) is 113 Å². The summed E-state index contributed by atoms with van der Waals surface area (Å²) in [6.45, 7) is 13.8. The molecule has 478 valence electrons. The molecule has 4 fully saturated rings. The maximum atomic E-state index is 14.8. The van der Waals surface area contributed by atoms with Gasteiger partial charge in [0.15, 0.2) is 11.6 Å². The van der Waals surface area contributed by atoms with Gasteiger partial charge in [0.1, 0.15) is 30.9 Å². The molecule has 9 atom stereocenters. The van der Waals surface area contributed by atoms with Gasteiger partial charge in [-0.15, -0.1) is 21.5 Å². The van der Waals surface area contributed by atoms with Crippen molar-refractivity contribution < 1.29 is 70.9 Å². The lowest BCUT2D eigenvalue weighted by Crippen LogP contribution is -2.54. The maximum Gasteiger partial charge on any atom is 0.481 e. The minimum atomic E-state index is -5.43. The first-order valence-corrected chi connectivity index (χ1v) is 33.3. The Balaban J connectivity index is 0.708. The molecular formula is C58H75N13O15P2S. The maximum absolute atomic E-state index is 14.8. The van der Waals surface area contributed by atoms with Crippen LogP contribution in [0.4, 0.5) is 22.0 Å². The number of phenolic OH excluding ortho intramolecular Hbond substituents is 1. The molecule has 31 heteroatoms. The van der Waals surface area contributed by atoms with Crippen LogP contribution in [0.3, 0.4) is 0 Å². The second kappa shape index (κ2) is 28.3. The molecule has 0 spiro atoms. The van der Waals surface area contributed by atoms with Gasteiger partial charge in [-0.05, 0) is 80.1 Å². The van der Waals surface area contributed by atoms with E-state index in [1.807, 2.05) is 66.8 Å². The van der Waals surface area contributed by atoms with E-state index in [-0.39, 0.29) is 48.5 Å². The lowest BCUT2D eigenvalue weighted by molar-refractivity contribution is -0.141. The Bertz CT molecular complexity index is 3530. The Hall–Kier alpha value is -7.30. The number of benzene rings is 2. The quantitative estimate of drug-likeness (QED) is 0.0220. The van der Waals surface area contributed by atoms with E-state index in [1.165, 1.54) is 22.3 Å². The van der Waals surface area contributed by atoms with Crippen LogP contribution in [0, 0.1) is 12.8 Å². The number of carbonyl (C=O) groups excluding carboxylic acids is 2. The molecule has 8 heterocycles. The number of rotatable bonds is 26. The first-order valence-electron chi connectivity index (χ1n) is 29.5. The van der Waals surface area contributed by atoms with E-state index >= 15 is 0 Å². The van der Waals surface area contributed by atoms with Gasteiger partial charge in [0.05, 0.1) is 46.2 Å². The highest BCUT2D eigenvalue weighted by molar-refractivity contribution is 7.61. The number of phenols is 1. The molecule has 3 amide bonds. The summed E-state index contributed by atoms with van der Waals surface area (Å²) < 4.78 is 58.4. The van der Waals surface area contributed by atoms with E-state index < -0.39 is 83.3 Å². The fraction of sp³-hybridized carbons (Fsp3) is 0.483. The number of anilines is 3. The molecule has 4 unspecified atom stereocenters. The predicted molar refractivity (Wildman–Crippen MR) is 328 cm³/mol. The fourth-order valence-corrected chi connectivity index (χ4v) is 15.2. The van der Waals surface area contributed by atoms with Crippen LogP contribution in [0.5, 0.6) is 17.5 Å². The smallest absolute Gasteiger partial charge is 0.481 e. The predicted octanol–water partition coefficient (Wildman–Crippen LogP) is 6.67. The third-order valence-electron chi connectivity index (χ3n) is 16.4. The molecule has 0 aliphatic carbocycles. The number of thiazole rings is 1. The first-order chi connectivity index (χ1) is 42.6. The number of aryl methyl sites for hydroxylation is 1. The molecule has 89 heavy (non-hydrogen) atoms. The molecule has 0 radical (unpaired) electrons. The van der Waals surface area contributed by atoms with E-state index in [4.69, 9.17) is 29.4 Å². The summed E-state index contributed by atoms with van der Waals surface area (Å²) in [6.07, 6.45) is 0.739. The summed E-state index contributed by atoms with van der Waals surface area (Å²) in [5.41, 5.74) is 13.8. The van der Waals surface area contributed by atoms with E-state index in [2.05, 4.69) is 66.0 Å². The number of nitrogens with zero attached hydrogens (tertiary/aromatic N) is 10. The number of hydrogen-bond acceptors (Lipinski definition) is 23. The number of pyridine rings is 1. The van der Waals surface area contributed by atoms with Crippen molar-refractivity contribution in [1.82, 2.24) is 50.7 Å². The number of fused-ring (bicyclic) bond motifs is 2. The number of carboxylic acid groups (broad SMARTS) is 1. The van der Waals surface area contributed by atoms with Crippen molar-refractivity contribution in [1.29, 1.82) is 0 Å². The number of nitrogens with one attached hydrogen (secondary N) is 2. The summed E-state index contributed by atoms with van der Waals surface area (Å²) in [5.74, 6) is -1.28. The number of piperazine rings is 2. The standard InChI is InChI=1S/C58H75N13O15P2S/c1-35(2)53(57(74)70-33-44(85-88(79,80)86-87(77,78)83-23-18-61-58(75)76)27-48(70)56(73)63-37(4)39-10-12-40(13-11-39)54-38(5)62-34-89-54)50-29-52(66-84-50)82-24-21-67-19-20-68(36(3)30-67)22-25-81-51-26-41(16-17-60-51)71-42-14-15-43(71)32-69(31-42)47-28-46(64-65-55(47)59)45-8-6-7-9-49(45)72/h6-13,16-17,26,28-29,34-37,42-44,48,53,61,72H,14-15,18-25,27,30-33H2,1-5H3,(H2,59,65)(H,63,73)(H,75,76)(H,77,78)(H,79,80)/t36-,37+,42?,43?,44-,48+,53-/m1/s1. The lowest BCUT2D eigenvalue weighted by Gasteiger charge is -2.43. The van der Waals surface area contributed by atoms with Crippen LogP contribution in [-0.2, 0) is 32.1 Å². The average molecular weight is 1290 g/mol. The number of nitrogens with two attached hydrogens (primary N) is 1. The average Bonchev–Trinajstić information content (AvgIpc) is 2.15. The molecule has 10 rings (SSSR count). The molecular weight excluding hydrogens is 1210 g/mol. The van der Waals surface area contributed by atoms with Crippen molar-refractivity contribution in [2.24, 2.45) is 5.92 Å². The highest BCUT2D eigenvalue weighted by atomic mass is 32.1. The number of hydrogen-bond donors (Lipinski definition) is 7. The zero-order chi connectivity index (χ0) is 63.1. The third kappa shape index (κ3) is 16.0. The molecule has 4 saturated heterocycles. The number of para-hydroxylation sites is 1. The lowest BCUT2D eigenvalue weighted by atomic mass is 9.91. The number of aromatic hydroxyl groups is 1. The number of amides is 3. The number of nitrogen functional groups attached to an aromatic ring is 1. The van der Waals surface area contributed by atoms with Crippen molar-refractivity contribution in [2.75, 3.05) is 94.3 Å². The summed E-state index contributed by atoms with van der Waals surface area (Å²) in [5, 5.41) is 36.8. The second-order valence-corrected chi connectivity index (χ2v) is 26.8. The summed E-state index contributed by atoms with van der Waals surface area (Å²) in [7, 11) is -10.7. The number of aromatic nitrogens is 5. The Morgan fingerprint density at radius 2 is 1.62 bits per heavy atom. The minimum absolute atomic E-state index is 0.132. The molecule has 4 aromatic heterocycles. The number of phosphoric ester groups is 2. The summed E-state index contributed by atoms with van der Waals surface area (Å²) in [6, 6.07) is 21.0. The molecule has 4 aliphatic heterocycles. The molecule has 0 saturated carbocycles. The largest absolute Gasteiger partial charge is 0.507 e. The topological polar surface area (TPSA) is 356 Å². The van der Waals surface area contributed by atoms with Crippen molar-refractivity contribution >= 4 is 62.1 Å². The minimum Gasteiger partial charge on any atom is -0.507 e. The van der Waals surface area contributed by atoms with Crippen LogP contribution in [0.2, 0.25) is 0 Å². The zero-order valence-corrected chi connectivity index (χ0v) is 52.5. The van der Waals surface area contributed by atoms with Gasteiger partial charge >= 0.3 is 21.7 Å². The van der Waals surface area contributed by atoms with Crippen LogP contribution in [0.15, 0.2) is 89.0 Å². The van der Waals surface area contributed by atoms with Crippen LogP contribution >= 0.6 is 27.0 Å². The van der Waals surface area contributed by atoms with Crippen molar-refractivity contribution in [3.63, 3.8) is 0 Å². The molecule has 6 aromatic rings. The van der Waals surface area contributed by atoms with Crippen LogP contribution in [0.25, 0.3) is 21.7 Å². The Morgan fingerprint density at radius 1 is 0.876 bits per heavy atom. The highest BCUT2D eigenvalue weighted by Gasteiger charge is 2.48. The van der Waals surface area contributed by atoms with Gasteiger partial charge in [-0.3, -0.25) is 28.4 Å². The normalized spacial score (nSPS) is 21.7. The van der Waals surface area contributed by atoms with Gasteiger partial charge in [0.2, 0.25) is 17.7 Å². The fourth-order valence-electron chi connectivity index (χ4n) is 12.1. The third-order valence-corrected chi connectivity index (χ3v) is 20.2. The Morgan fingerprint density at radius 3 is 2.33 bits per heavy atom. The van der Waals surface area contributed by atoms with Gasteiger partial charge in [-0.25, -0.2) is 23.9 Å². The van der Waals surface area contributed by atoms with Crippen LogP contribution < -0.4 is 35.6 Å². The van der Waals surface area contributed by atoms with E-state index in [9.17, 15) is 38.4 Å². The zero-order valence-electron chi connectivity index (χ0n) is 49.9. The summed E-state index contributed by atoms with van der Waals surface area (Å²) in [4.78, 5) is 81.2. The Kier molecular flexibility index (Phi) is 20.5. The van der Waals surface area contributed by atoms with Gasteiger partial charge < -0.3 is 65.1 Å². The van der Waals surface area contributed by atoms with E-state index in [0.717, 1.165) is 78.6 Å². The monoisotopic (exact) mass is 1290 g/mol. The first kappa shape index (κ1) is 64.7. The van der Waals surface area contributed by atoms with Gasteiger partial charge in [-0.2, -0.15) is 4.31 Å². The van der Waals surface area contributed by atoms with Gasteiger partial charge in [-0.1, -0.05) is 50.2 Å².